The van der Waals surface area contributed by atoms with Crippen LogP contribution in [0.4, 0.5) is 10.5 Å². The molecule has 0 aromatic heterocycles. The van der Waals surface area contributed by atoms with Crippen LogP contribution in [-0.4, -0.2) is 42.5 Å². The highest BCUT2D eigenvalue weighted by molar-refractivity contribution is 6.10. The van der Waals surface area contributed by atoms with Crippen LogP contribution in [-0.2, 0) is 15.1 Å². The number of hydrogen-bond donors (Lipinski definition) is 2. The highest BCUT2D eigenvalue weighted by atomic mass is 16.5. The summed E-state index contributed by atoms with van der Waals surface area (Å²) in [6, 6.07) is 12.8. The Balaban J connectivity index is 1.51. The summed E-state index contributed by atoms with van der Waals surface area (Å²) < 4.78 is 11.3. The smallest absolute Gasteiger partial charge is 0.325 e. The Morgan fingerprint density at radius 2 is 1.97 bits per heavy atom. The van der Waals surface area contributed by atoms with E-state index >= 15 is 0 Å². The van der Waals surface area contributed by atoms with E-state index in [0.29, 0.717) is 41.5 Å². The molecule has 9 heteroatoms. The minimum atomic E-state index is -1.34. The lowest BCUT2D eigenvalue weighted by Gasteiger charge is -2.23. The number of nitrogens with zero attached hydrogens (tertiary/aromatic N) is 2. The van der Waals surface area contributed by atoms with Gasteiger partial charge < -0.3 is 20.1 Å². The maximum Gasteiger partial charge on any atom is 0.325 e. The summed E-state index contributed by atoms with van der Waals surface area (Å²) in [5.74, 6) is -0.0151. The molecule has 0 radical (unpaired) electrons. The summed E-state index contributed by atoms with van der Waals surface area (Å²) in [6.45, 7) is 2.16. The van der Waals surface area contributed by atoms with Crippen molar-refractivity contribution in [3.8, 4) is 17.6 Å². The van der Waals surface area contributed by atoms with Crippen molar-refractivity contribution in [1.29, 1.82) is 5.26 Å². The highest BCUT2D eigenvalue weighted by Gasteiger charge is 2.49. The molecule has 1 atom stereocenters. The molecule has 4 rings (SSSR count). The third-order valence-corrected chi connectivity index (χ3v) is 5.18. The minimum Gasteiger partial charge on any atom is -0.490 e. The van der Waals surface area contributed by atoms with E-state index in [1.54, 1.807) is 43.3 Å². The van der Waals surface area contributed by atoms with Gasteiger partial charge in [-0.2, -0.15) is 5.26 Å². The Labute approximate surface area is 178 Å². The molecule has 31 heavy (non-hydrogen) atoms. The van der Waals surface area contributed by atoms with Crippen molar-refractivity contribution < 1.29 is 23.9 Å². The molecule has 4 amide bonds. The number of benzene rings is 2. The van der Waals surface area contributed by atoms with E-state index in [9.17, 15) is 14.4 Å². The number of carbonyl (C=O) groups is 3. The van der Waals surface area contributed by atoms with Crippen LogP contribution in [0.5, 0.6) is 11.5 Å². The molecule has 0 spiro atoms. The number of nitrogens with one attached hydrogen (secondary N) is 2. The number of carbonyl (C=O) groups excluding carboxylic acids is 3. The summed E-state index contributed by atoms with van der Waals surface area (Å²) in [4.78, 5) is 38.9. The average Bonchev–Trinajstić information content (AvgIpc) is 2.93. The van der Waals surface area contributed by atoms with E-state index in [1.807, 2.05) is 6.07 Å². The first-order valence-electron chi connectivity index (χ1n) is 9.75. The summed E-state index contributed by atoms with van der Waals surface area (Å²) in [5.41, 5.74) is -0.0285. The second kappa shape index (κ2) is 7.99. The van der Waals surface area contributed by atoms with Crippen molar-refractivity contribution in [2.45, 2.75) is 18.9 Å². The molecule has 0 bridgehead atoms. The van der Waals surface area contributed by atoms with Crippen molar-refractivity contribution in [2.75, 3.05) is 25.1 Å². The normalized spacial score (nSPS) is 19.9. The number of fused-ring (bicyclic) bond motifs is 1. The van der Waals surface area contributed by atoms with Crippen LogP contribution >= 0.6 is 0 Å². The zero-order valence-electron chi connectivity index (χ0n) is 16.8. The molecular formula is C22H20N4O5. The van der Waals surface area contributed by atoms with E-state index in [2.05, 4.69) is 10.6 Å². The minimum absolute atomic E-state index is 0.384. The Morgan fingerprint density at radius 1 is 1.19 bits per heavy atom. The van der Waals surface area contributed by atoms with E-state index in [4.69, 9.17) is 14.7 Å². The number of nitriles is 1. The summed E-state index contributed by atoms with van der Waals surface area (Å²) >= 11 is 0. The summed E-state index contributed by atoms with van der Waals surface area (Å²) in [5, 5.41) is 14.2. The largest absolute Gasteiger partial charge is 0.490 e. The number of ether oxygens (including phenoxy) is 2. The maximum atomic E-state index is 13.1. The second-order valence-electron chi connectivity index (χ2n) is 7.40. The van der Waals surface area contributed by atoms with E-state index < -0.39 is 29.9 Å². The Morgan fingerprint density at radius 3 is 2.74 bits per heavy atom. The van der Waals surface area contributed by atoms with Crippen LogP contribution in [0.2, 0.25) is 0 Å². The van der Waals surface area contributed by atoms with Gasteiger partial charge in [0.15, 0.2) is 11.5 Å². The lowest BCUT2D eigenvalue weighted by Crippen LogP contribution is -2.42. The Hall–Kier alpha value is -4.06. The van der Waals surface area contributed by atoms with Crippen LogP contribution in [0.15, 0.2) is 42.5 Å². The maximum absolute atomic E-state index is 13.1. The molecule has 2 N–H and O–H groups in total. The lowest BCUT2D eigenvalue weighted by atomic mass is 9.91. The van der Waals surface area contributed by atoms with Gasteiger partial charge in [-0.25, -0.2) is 4.79 Å². The molecule has 2 heterocycles. The molecule has 9 nitrogen and oxygen atoms in total. The topological polar surface area (TPSA) is 121 Å². The molecule has 1 fully saturated rings. The third-order valence-electron chi connectivity index (χ3n) is 5.18. The summed E-state index contributed by atoms with van der Waals surface area (Å²) in [7, 11) is 0. The number of amides is 4. The molecule has 2 aromatic rings. The van der Waals surface area contributed by atoms with Crippen molar-refractivity contribution >= 4 is 23.5 Å². The molecule has 2 aliphatic heterocycles. The number of anilines is 1. The Bertz CT molecular complexity index is 1110. The van der Waals surface area contributed by atoms with Crippen LogP contribution in [0, 0.1) is 11.3 Å². The van der Waals surface area contributed by atoms with Gasteiger partial charge in [-0.3, -0.25) is 14.5 Å². The van der Waals surface area contributed by atoms with E-state index in [1.165, 1.54) is 6.07 Å². The SMILES string of the molecule is C[C@@]1(c2ccc3c(c2)OCCCO3)NC(=O)N(CC(=O)Nc2cccc(C#N)c2)C1=O. The van der Waals surface area contributed by atoms with Crippen LogP contribution in [0.1, 0.15) is 24.5 Å². The quantitative estimate of drug-likeness (QED) is 0.731. The van der Waals surface area contributed by atoms with Gasteiger partial charge in [-0.1, -0.05) is 12.1 Å². The fraction of sp³-hybridized carbons (Fsp3) is 0.273. The predicted octanol–water partition coefficient (Wildman–Crippen LogP) is 2.13. The highest BCUT2D eigenvalue weighted by Crippen LogP contribution is 2.36. The van der Waals surface area contributed by atoms with E-state index in [-0.39, 0.29) is 0 Å². The first-order chi connectivity index (χ1) is 14.9. The molecule has 1 saturated heterocycles. The van der Waals surface area contributed by atoms with Gasteiger partial charge in [0.05, 0.1) is 24.8 Å². The van der Waals surface area contributed by atoms with Gasteiger partial charge in [0.1, 0.15) is 12.1 Å². The van der Waals surface area contributed by atoms with Gasteiger partial charge in [0.2, 0.25) is 5.91 Å². The van der Waals surface area contributed by atoms with Gasteiger partial charge in [0, 0.05) is 12.1 Å². The number of hydrogen-bond acceptors (Lipinski definition) is 6. The molecule has 0 unspecified atom stereocenters. The van der Waals surface area contributed by atoms with Gasteiger partial charge >= 0.3 is 6.03 Å². The standard InChI is InChI=1S/C22H20N4O5/c1-22(15-6-7-17-18(11-15)31-9-3-8-30-17)20(28)26(21(29)25-22)13-19(27)24-16-5-2-4-14(10-16)12-23/h2,4-7,10-11H,3,8-9,13H2,1H3,(H,24,27)(H,25,29)/t22-/m0/s1. The van der Waals surface area contributed by atoms with Crippen molar-refractivity contribution in [3.05, 3.63) is 53.6 Å². The fourth-order valence-electron chi connectivity index (χ4n) is 3.52. The molecular weight excluding hydrogens is 400 g/mol. The first-order valence-corrected chi connectivity index (χ1v) is 9.75. The zero-order chi connectivity index (χ0) is 22.0. The van der Waals surface area contributed by atoms with Gasteiger partial charge in [-0.15, -0.1) is 0 Å². The number of imide groups is 1. The van der Waals surface area contributed by atoms with Crippen LogP contribution in [0.25, 0.3) is 0 Å². The van der Waals surface area contributed by atoms with Gasteiger partial charge in [-0.05, 0) is 42.8 Å². The van der Waals surface area contributed by atoms with Gasteiger partial charge in [0.25, 0.3) is 5.91 Å². The Kier molecular flexibility index (Phi) is 5.21. The fourth-order valence-corrected chi connectivity index (χ4v) is 3.52. The molecule has 2 aliphatic rings. The monoisotopic (exact) mass is 420 g/mol. The van der Waals surface area contributed by atoms with Crippen molar-refractivity contribution in [1.82, 2.24) is 10.2 Å². The van der Waals surface area contributed by atoms with Crippen molar-refractivity contribution in [3.63, 3.8) is 0 Å². The zero-order valence-corrected chi connectivity index (χ0v) is 16.8. The predicted molar refractivity (Wildman–Crippen MR) is 109 cm³/mol. The molecule has 158 valence electrons. The molecule has 2 aromatic carbocycles. The van der Waals surface area contributed by atoms with E-state index in [0.717, 1.165) is 11.3 Å². The lowest BCUT2D eigenvalue weighted by molar-refractivity contribution is -0.133. The first kappa shape index (κ1) is 20.2. The third kappa shape index (κ3) is 3.88. The number of rotatable bonds is 4. The summed E-state index contributed by atoms with van der Waals surface area (Å²) in [6.07, 6.45) is 0.747. The average molecular weight is 420 g/mol. The molecule has 0 aliphatic carbocycles. The van der Waals surface area contributed by atoms with Crippen molar-refractivity contribution in [2.24, 2.45) is 0 Å². The van der Waals surface area contributed by atoms with Crippen LogP contribution in [0.3, 0.4) is 0 Å². The van der Waals surface area contributed by atoms with Crippen LogP contribution < -0.4 is 20.1 Å². The second-order valence-corrected chi connectivity index (χ2v) is 7.40. The molecule has 0 saturated carbocycles. The number of urea groups is 1.